The Morgan fingerprint density at radius 3 is 2.74 bits per heavy atom. The number of nitrogens with zero attached hydrogens (tertiary/aromatic N) is 3. The van der Waals surface area contributed by atoms with E-state index in [0.717, 1.165) is 0 Å². The minimum atomic E-state index is -0.450. The molecule has 0 aliphatic heterocycles. The van der Waals surface area contributed by atoms with Crippen LogP contribution in [0.5, 0.6) is 0 Å². The molecule has 0 radical (unpaired) electrons. The van der Waals surface area contributed by atoms with Crippen LogP contribution in [0.3, 0.4) is 0 Å². The second-order valence-corrected chi connectivity index (χ2v) is 3.78. The Morgan fingerprint density at radius 2 is 2.05 bits per heavy atom. The molecule has 0 aliphatic carbocycles. The van der Waals surface area contributed by atoms with E-state index < -0.39 is 5.82 Å². The number of hydrogen-bond donors (Lipinski definition) is 1. The first-order valence-electron chi connectivity index (χ1n) is 5.52. The standard InChI is InChI=1S/C14H9FN4/c15-12-6-10(7-16)3-4-11(12)9-19-13-2-1-5-18-14(13)8-17/h1-6,19H,9H2. The molecule has 0 spiro atoms. The second kappa shape index (κ2) is 5.61. The highest BCUT2D eigenvalue weighted by Crippen LogP contribution is 2.15. The molecular weight excluding hydrogens is 243 g/mol. The van der Waals surface area contributed by atoms with Gasteiger partial charge >= 0.3 is 0 Å². The Bertz CT molecular complexity index is 683. The van der Waals surface area contributed by atoms with Gasteiger partial charge in [-0.3, -0.25) is 0 Å². The summed E-state index contributed by atoms with van der Waals surface area (Å²) >= 11 is 0. The van der Waals surface area contributed by atoms with E-state index in [1.807, 2.05) is 12.1 Å². The fourth-order valence-corrected chi connectivity index (χ4v) is 1.59. The highest BCUT2D eigenvalue weighted by molar-refractivity contribution is 5.53. The lowest BCUT2D eigenvalue weighted by Gasteiger charge is -2.08. The highest BCUT2D eigenvalue weighted by atomic mass is 19.1. The van der Waals surface area contributed by atoms with Crippen molar-refractivity contribution >= 4 is 5.69 Å². The summed E-state index contributed by atoms with van der Waals surface area (Å²) in [6, 6.07) is 11.5. The first-order chi connectivity index (χ1) is 9.24. The van der Waals surface area contributed by atoms with Crippen molar-refractivity contribution in [1.29, 1.82) is 10.5 Å². The van der Waals surface area contributed by atoms with Crippen LogP contribution in [0, 0.1) is 28.5 Å². The summed E-state index contributed by atoms with van der Waals surface area (Å²) in [7, 11) is 0. The molecule has 2 aromatic rings. The summed E-state index contributed by atoms with van der Waals surface area (Å²) in [5, 5.41) is 20.5. The minimum Gasteiger partial charge on any atom is -0.379 e. The molecule has 0 fully saturated rings. The molecule has 92 valence electrons. The average Bonchev–Trinajstić information content (AvgIpc) is 2.46. The number of nitrogens with one attached hydrogen (secondary N) is 1. The quantitative estimate of drug-likeness (QED) is 0.911. The Kier molecular flexibility index (Phi) is 3.70. The van der Waals surface area contributed by atoms with E-state index in [1.54, 1.807) is 24.3 Å². The van der Waals surface area contributed by atoms with Gasteiger partial charge in [-0.2, -0.15) is 10.5 Å². The molecule has 4 nitrogen and oxygen atoms in total. The molecule has 1 heterocycles. The molecule has 0 saturated heterocycles. The predicted octanol–water partition coefficient (Wildman–Crippen LogP) is 2.58. The molecule has 0 amide bonds. The first-order valence-corrected chi connectivity index (χ1v) is 5.52. The Morgan fingerprint density at radius 1 is 1.21 bits per heavy atom. The first kappa shape index (κ1) is 12.5. The summed E-state index contributed by atoms with van der Waals surface area (Å²) in [6.45, 7) is 0.220. The number of benzene rings is 1. The van der Waals surface area contributed by atoms with E-state index in [-0.39, 0.29) is 17.8 Å². The molecule has 0 saturated carbocycles. The van der Waals surface area contributed by atoms with Crippen LogP contribution in [0.1, 0.15) is 16.8 Å². The third-order valence-electron chi connectivity index (χ3n) is 2.57. The fraction of sp³-hybridized carbons (Fsp3) is 0.0714. The van der Waals surface area contributed by atoms with E-state index in [1.165, 1.54) is 12.3 Å². The van der Waals surface area contributed by atoms with Crippen molar-refractivity contribution in [2.75, 3.05) is 5.32 Å². The van der Waals surface area contributed by atoms with Crippen LogP contribution in [0.15, 0.2) is 36.5 Å². The molecule has 2 rings (SSSR count). The Balaban J connectivity index is 2.16. The van der Waals surface area contributed by atoms with E-state index in [0.29, 0.717) is 11.3 Å². The van der Waals surface area contributed by atoms with Gasteiger partial charge in [0.1, 0.15) is 11.9 Å². The van der Waals surface area contributed by atoms with E-state index in [9.17, 15) is 4.39 Å². The van der Waals surface area contributed by atoms with Crippen molar-refractivity contribution in [2.24, 2.45) is 0 Å². The zero-order valence-electron chi connectivity index (χ0n) is 9.89. The van der Waals surface area contributed by atoms with Crippen LogP contribution in [0.4, 0.5) is 10.1 Å². The number of pyridine rings is 1. The minimum absolute atomic E-state index is 0.220. The lowest BCUT2D eigenvalue weighted by molar-refractivity contribution is 0.612. The molecular formula is C14H9FN4. The van der Waals surface area contributed by atoms with Crippen molar-refractivity contribution in [3.8, 4) is 12.1 Å². The summed E-state index contributed by atoms with van der Waals surface area (Å²) in [6.07, 6.45) is 1.52. The van der Waals surface area contributed by atoms with Crippen LogP contribution in [0.2, 0.25) is 0 Å². The number of hydrogen-bond acceptors (Lipinski definition) is 4. The lowest BCUT2D eigenvalue weighted by atomic mass is 10.1. The topological polar surface area (TPSA) is 72.5 Å². The Hall–Kier alpha value is -2.92. The maximum atomic E-state index is 13.7. The molecule has 1 N–H and O–H groups in total. The molecule has 0 unspecified atom stereocenters. The number of rotatable bonds is 3. The van der Waals surface area contributed by atoms with Gasteiger partial charge in [0, 0.05) is 18.3 Å². The van der Waals surface area contributed by atoms with Crippen molar-refractivity contribution in [1.82, 2.24) is 4.98 Å². The summed E-state index contributed by atoms with van der Waals surface area (Å²) in [5.74, 6) is -0.450. The molecule has 0 aliphatic rings. The third kappa shape index (κ3) is 2.85. The van der Waals surface area contributed by atoms with Gasteiger partial charge in [-0.1, -0.05) is 6.07 Å². The maximum Gasteiger partial charge on any atom is 0.163 e. The normalized spacial score (nSPS) is 9.42. The number of halogens is 1. The van der Waals surface area contributed by atoms with Gasteiger partial charge in [-0.25, -0.2) is 9.37 Å². The van der Waals surface area contributed by atoms with E-state index >= 15 is 0 Å². The number of anilines is 1. The molecule has 5 heteroatoms. The van der Waals surface area contributed by atoms with E-state index in [4.69, 9.17) is 10.5 Å². The Labute approximate surface area is 109 Å². The molecule has 0 bridgehead atoms. The van der Waals surface area contributed by atoms with Crippen LogP contribution in [-0.4, -0.2) is 4.98 Å². The van der Waals surface area contributed by atoms with Crippen molar-refractivity contribution in [3.05, 3.63) is 59.2 Å². The zero-order chi connectivity index (χ0) is 13.7. The lowest BCUT2D eigenvalue weighted by Crippen LogP contribution is -2.04. The van der Waals surface area contributed by atoms with Gasteiger partial charge in [-0.15, -0.1) is 0 Å². The van der Waals surface area contributed by atoms with Gasteiger partial charge in [0.05, 0.1) is 17.3 Å². The van der Waals surface area contributed by atoms with Crippen LogP contribution in [0.25, 0.3) is 0 Å². The van der Waals surface area contributed by atoms with Gasteiger partial charge in [0.2, 0.25) is 0 Å². The smallest absolute Gasteiger partial charge is 0.163 e. The molecule has 0 atom stereocenters. The fourth-order valence-electron chi connectivity index (χ4n) is 1.59. The molecule has 1 aromatic carbocycles. The van der Waals surface area contributed by atoms with Crippen molar-refractivity contribution in [3.63, 3.8) is 0 Å². The second-order valence-electron chi connectivity index (χ2n) is 3.78. The van der Waals surface area contributed by atoms with Gasteiger partial charge < -0.3 is 5.32 Å². The highest BCUT2D eigenvalue weighted by Gasteiger charge is 2.05. The maximum absolute atomic E-state index is 13.7. The van der Waals surface area contributed by atoms with Crippen LogP contribution >= 0.6 is 0 Å². The summed E-state index contributed by atoms with van der Waals surface area (Å²) < 4.78 is 13.7. The van der Waals surface area contributed by atoms with Gasteiger partial charge in [0.15, 0.2) is 5.69 Å². The van der Waals surface area contributed by atoms with Crippen LogP contribution < -0.4 is 5.32 Å². The average molecular weight is 252 g/mol. The van der Waals surface area contributed by atoms with Crippen molar-refractivity contribution < 1.29 is 4.39 Å². The van der Waals surface area contributed by atoms with Crippen molar-refractivity contribution in [2.45, 2.75) is 6.54 Å². The molecule has 1 aromatic heterocycles. The third-order valence-corrected chi connectivity index (χ3v) is 2.57. The van der Waals surface area contributed by atoms with Gasteiger partial charge in [0.25, 0.3) is 0 Å². The SMILES string of the molecule is N#Cc1ccc(CNc2cccnc2C#N)c(F)c1. The number of nitriles is 2. The summed E-state index contributed by atoms with van der Waals surface area (Å²) in [5.41, 5.74) is 1.51. The van der Waals surface area contributed by atoms with E-state index in [2.05, 4.69) is 10.3 Å². The zero-order valence-corrected chi connectivity index (χ0v) is 9.89. The monoisotopic (exact) mass is 252 g/mol. The number of aromatic nitrogens is 1. The largest absolute Gasteiger partial charge is 0.379 e. The summed E-state index contributed by atoms with van der Waals surface area (Å²) in [4.78, 5) is 3.90. The predicted molar refractivity (Wildman–Crippen MR) is 67.4 cm³/mol. The van der Waals surface area contributed by atoms with Crippen LogP contribution in [-0.2, 0) is 6.54 Å². The van der Waals surface area contributed by atoms with Gasteiger partial charge in [-0.05, 0) is 24.3 Å². The molecule has 19 heavy (non-hydrogen) atoms.